The van der Waals surface area contributed by atoms with Crippen LogP contribution >= 0.6 is 0 Å². The molecular weight excluding hydrogens is 298 g/mol. The summed E-state index contributed by atoms with van der Waals surface area (Å²) in [5.41, 5.74) is 1.33. The Labute approximate surface area is 108 Å². The fourth-order valence-corrected chi connectivity index (χ4v) is 1.01. The molecule has 0 amide bonds. The van der Waals surface area contributed by atoms with E-state index in [0.29, 0.717) is 5.52 Å². The molecule has 7 nitrogen and oxygen atoms in total. The van der Waals surface area contributed by atoms with Crippen LogP contribution in [-0.2, 0) is 16.5 Å². The van der Waals surface area contributed by atoms with Gasteiger partial charge in [0.1, 0.15) is 5.52 Å². The van der Waals surface area contributed by atoms with E-state index < -0.39 is 10.2 Å². The summed E-state index contributed by atoms with van der Waals surface area (Å²) in [5.74, 6) is 0. The van der Waals surface area contributed by atoms with Gasteiger partial charge in [-0.1, -0.05) is 12.1 Å². The Morgan fingerprint density at radius 2 is 1.71 bits per heavy atom. The van der Waals surface area contributed by atoms with E-state index in [4.69, 9.17) is 18.6 Å². The van der Waals surface area contributed by atoms with Gasteiger partial charge in [0.05, 0.1) is 21.1 Å². The van der Waals surface area contributed by atoms with Crippen molar-refractivity contribution in [1.29, 1.82) is 0 Å². The standard InChI is InChI=1S/C8H6N2O.ClHO4.Ni/c11-10-6-5-9-7-3-1-2-4-8(7)10;2-1(3,4)5;/h1-6H;(H,2,3,4,5);. The Bertz CT molecular complexity index is 467. The van der Waals surface area contributed by atoms with Crippen molar-refractivity contribution in [3.63, 3.8) is 0 Å². The fourth-order valence-electron chi connectivity index (χ4n) is 1.01. The molecule has 0 saturated heterocycles. The smallest absolute Gasteiger partial charge is 0.242 e. The number of benzene rings is 1. The zero-order valence-corrected chi connectivity index (χ0v) is 9.88. The molecule has 0 aliphatic heterocycles. The summed E-state index contributed by atoms with van der Waals surface area (Å²) in [6, 6.07) is 7.23. The third kappa shape index (κ3) is 6.32. The van der Waals surface area contributed by atoms with Crippen LogP contribution in [0.1, 0.15) is 0 Å². The van der Waals surface area contributed by atoms with E-state index >= 15 is 0 Å². The number of halogens is 1. The minimum absolute atomic E-state index is 0. The number of hydrogen-bond donors (Lipinski definition) is 1. The van der Waals surface area contributed by atoms with Crippen LogP contribution in [0.25, 0.3) is 11.0 Å². The summed E-state index contributed by atoms with van der Waals surface area (Å²) in [6.07, 6.45) is 2.89. The predicted molar refractivity (Wildman–Crippen MR) is 42.9 cm³/mol. The van der Waals surface area contributed by atoms with E-state index in [0.717, 1.165) is 10.2 Å². The number of fused-ring (bicyclic) bond motifs is 1. The number of aromatic nitrogens is 2. The quantitative estimate of drug-likeness (QED) is 0.309. The summed E-state index contributed by atoms with van der Waals surface area (Å²) in [6.45, 7) is 0. The Balaban J connectivity index is 0.000000373. The van der Waals surface area contributed by atoms with Crippen LogP contribution < -0.4 is 18.7 Å². The average Bonchev–Trinajstić information content (AvgIpc) is 2.16. The van der Waals surface area contributed by atoms with Gasteiger partial charge in [-0.3, -0.25) is 0 Å². The summed E-state index contributed by atoms with van der Waals surface area (Å²) in [5, 5.41) is 11.1. The summed E-state index contributed by atoms with van der Waals surface area (Å²) < 4.78 is 33.5. The van der Waals surface area contributed by atoms with E-state index in [1.807, 2.05) is 18.2 Å². The van der Waals surface area contributed by atoms with Crippen molar-refractivity contribution in [2.45, 2.75) is 0 Å². The maximum Gasteiger partial charge on any atom is 0.242 e. The molecule has 0 unspecified atom stereocenters. The van der Waals surface area contributed by atoms with Crippen molar-refractivity contribution in [2.24, 2.45) is 0 Å². The average molecular weight is 305 g/mol. The number of nitrogens with zero attached hydrogens (tertiary/aromatic N) is 2. The second kappa shape index (κ2) is 6.65. The van der Waals surface area contributed by atoms with Crippen molar-refractivity contribution in [3.05, 3.63) is 41.9 Å². The van der Waals surface area contributed by atoms with Crippen molar-refractivity contribution in [3.8, 4) is 0 Å². The van der Waals surface area contributed by atoms with Gasteiger partial charge >= 0.3 is 0 Å². The van der Waals surface area contributed by atoms with Gasteiger partial charge in [0.25, 0.3) is 0 Å². The molecule has 0 bridgehead atoms. The van der Waals surface area contributed by atoms with Crippen LogP contribution in [0.15, 0.2) is 36.7 Å². The Kier molecular flexibility index (Phi) is 6.26. The molecular formula is C8H7ClN2NiO5. The molecule has 0 aliphatic carbocycles. The zero-order chi connectivity index (χ0) is 12.2. The minimum atomic E-state index is -4.69. The molecule has 2 aromatic rings. The number of hydrogen-bond acceptors (Lipinski definition) is 6. The van der Waals surface area contributed by atoms with Gasteiger partial charge < -0.3 is 5.21 Å². The maximum absolute atomic E-state index is 11.1. The number of rotatable bonds is 0. The molecule has 0 saturated carbocycles. The monoisotopic (exact) mass is 304 g/mol. The van der Waals surface area contributed by atoms with Crippen molar-refractivity contribution in [2.75, 3.05) is 0 Å². The maximum atomic E-state index is 11.1. The first-order valence-corrected chi connectivity index (χ1v) is 5.20. The first-order valence-electron chi connectivity index (χ1n) is 3.94. The molecule has 1 aromatic carbocycles. The van der Waals surface area contributed by atoms with Crippen LogP contribution in [0.5, 0.6) is 0 Å². The molecule has 1 aromatic heterocycles. The molecule has 9 heteroatoms. The third-order valence-electron chi connectivity index (χ3n) is 1.53. The van der Waals surface area contributed by atoms with Crippen molar-refractivity contribution >= 4 is 11.0 Å². The second-order valence-corrected chi connectivity index (χ2v) is 3.43. The Hall–Kier alpha value is -1.02. The second-order valence-electron chi connectivity index (χ2n) is 2.64. The van der Waals surface area contributed by atoms with Gasteiger partial charge in [-0.15, -0.1) is 0 Å². The van der Waals surface area contributed by atoms with Gasteiger partial charge in [0, 0.05) is 22.6 Å². The van der Waals surface area contributed by atoms with E-state index in [-0.39, 0.29) is 16.5 Å². The van der Waals surface area contributed by atoms with Crippen LogP contribution in [0.2, 0.25) is 0 Å². The van der Waals surface area contributed by atoms with Gasteiger partial charge in [0.15, 0.2) is 6.20 Å². The summed E-state index contributed by atoms with van der Waals surface area (Å²) in [7, 11) is -4.69. The summed E-state index contributed by atoms with van der Waals surface area (Å²) in [4.78, 5) is 4.02. The van der Waals surface area contributed by atoms with E-state index in [9.17, 15) is 5.21 Å². The molecule has 0 aliphatic rings. The summed E-state index contributed by atoms with van der Waals surface area (Å²) >= 11 is 0. The predicted octanol–water partition coefficient (Wildman–Crippen LogP) is -3.26. The van der Waals surface area contributed by atoms with Gasteiger partial charge in [-0.05, 0) is 6.07 Å². The first kappa shape index (κ1) is 16.0. The van der Waals surface area contributed by atoms with Crippen LogP contribution in [0.4, 0.5) is 0 Å². The van der Waals surface area contributed by atoms with Gasteiger partial charge in [0.2, 0.25) is 5.52 Å². The molecule has 0 spiro atoms. The molecule has 2 rings (SSSR count). The topological polar surface area (TPSA) is 129 Å². The molecule has 17 heavy (non-hydrogen) atoms. The minimum Gasteiger partial charge on any atom is -0.618 e. The third-order valence-corrected chi connectivity index (χ3v) is 1.53. The molecule has 0 atom stereocenters. The van der Waals surface area contributed by atoms with E-state index in [1.165, 1.54) is 12.4 Å². The molecule has 0 radical (unpaired) electrons. The molecule has 0 fully saturated rings. The number of para-hydroxylation sites is 2. The first-order chi connectivity index (χ1) is 7.38. The largest absolute Gasteiger partial charge is 0.618 e. The van der Waals surface area contributed by atoms with Crippen LogP contribution in [-0.4, -0.2) is 9.64 Å². The van der Waals surface area contributed by atoms with Crippen LogP contribution in [0, 0.1) is 15.5 Å². The molecule has 1 heterocycles. The van der Waals surface area contributed by atoms with Gasteiger partial charge in [-0.2, -0.15) is 18.7 Å². The molecule has 1 N–H and O–H groups in total. The Morgan fingerprint density at radius 1 is 1.18 bits per heavy atom. The SMILES string of the molecule is [Ni].[O-][Cl+3]([O-])([O-])O.[O-][n+]1ccnc2ccccc21. The normalized spacial score (nSPS) is 10.1. The van der Waals surface area contributed by atoms with E-state index in [2.05, 4.69) is 4.98 Å². The fraction of sp³-hybridized carbons (Fsp3) is 0. The Morgan fingerprint density at radius 3 is 2.24 bits per heavy atom. The van der Waals surface area contributed by atoms with Gasteiger partial charge in [-0.25, -0.2) is 4.98 Å². The molecule has 96 valence electrons. The zero-order valence-electron chi connectivity index (χ0n) is 8.13. The van der Waals surface area contributed by atoms with Crippen molar-refractivity contribution < 1.29 is 50.1 Å². The van der Waals surface area contributed by atoms with Crippen molar-refractivity contribution in [1.82, 2.24) is 4.98 Å². The van der Waals surface area contributed by atoms with E-state index in [1.54, 1.807) is 6.07 Å². The van der Waals surface area contributed by atoms with Crippen LogP contribution in [0.3, 0.4) is 0 Å².